The number of urea groups is 1. The van der Waals surface area contributed by atoms with Gasteiger partial charge in [0, 0.05) is 18.7 Å². The van der Waals surface area contributed by atoms with E-state index in [1.165, 1.54) is 4.90 Å². The standard InChI is InChI=1S/C21H29N3O6/c1-5-22-19(27)23-17(25)16(14-10-7-6-8-11-14)29-18(26)15-12-9-13-24(15)20(28)30-21(2,3)4/h6-8,10-11,15-16H,5,9,12-13H2,1-4H3,(H2,22,23,25,27)/t15-,16-/m1/s1. The molecule has 1 saturated heterocycles. The average Bonchev–Trinajstić information content (AvgIpc) is 3.15. The molecule has 30 heavy (non-hydrogen) atoms. The number of benzene rings is 1. The quantitative estimate of drug-likeness (QED) is 0.709. The highest BCUT2D eigenvalue weighted by Crippen LogP contribution is 2.25. The molecule has 0 radical (unpaired) electrons. The highest BCUT2D eigenvalue weighted by molar-refractivity contribution is 5.98. The minimum atomic E-state index is -1.33. The average molecular weight is 419 g/mol. The molecule has 2 N–H and O–H groups in total. The van der Waals surface area contributed by atoms with Crippen LogP contribution in [-0.2, 0) is 19.1 Å². The van der Waals surface area contributed by atoms with Gasteiger partial charge in [-0.15, -0.1) is 0 Å². The minimum absolute atomic E-state index is 0.335. The van der Waals surface area contributed by atoms with Gasteiger partial charge in [0.1, 0.15) is 11.6 Å². The molecule has 1 aromatic rings. The Labute approximate surface area is 176 Å². The minimum Gasteiger partial charge on any atom is -0.446 e. The van der Waals surface area contributed by atoms with E-state index in [0.29, 0.717) is 31.5 Å². The lowest BCUT2D eigenvalue weighted by molar-refractivity contribution is -0.160. The molecule has 2 rings (SSSR count). The maximum atomic E-state index is 12.9. The zero-order valence-corrected chi connectivity index (χ0v) is 17.8. The summed E-state index contributed by atoms with van der Waals surface area (Å²) in [5.41, 5.74) is -0.290. The van der Waals surface area contributed by atoms with Crippen LogP contribution in [0.4, 0.5) is 9.59 Å². The van der Waals surface area contributed by atoms with Gasteiger partial charge in [0.05, 0.1) is 0 Å². The van der Waals surface area contributed by atoms with Crippen molar-refractivity contribution in [3.8, 4) is 0 Å². The molecule has 0 aromatic heterocycles. The number of likely N-dealkylation sites (tertiary alicyclic amines) is 1. The highest BCUT2D eigenvalue weighted by atomic mass is 16.6. The Morgan fingerprint density at radius 3 is 2.43 bits per heavy atom. The molecule has 0 spiro atoms. The Kier molecular flexibility index (Phi) is 7.79. The predicted molar refractivity (Wildman–Crippen MR) is 108 cm³/mol. The predicted octanol–water partition coefficient (Wildman–Crippen LogP) is 2.52. The summed E-state index contributed by atoms with van der Waals surface area (Å²) in [5.74, 6) is -1.50. The van der Waals surface area contributed by atoms with Gasteiger partial charge in [-0.1, -0.05) is 30.3 Å². The lowest BCUT2D eigenvalue weighted by atomic mass is 10.1. The van der Waals surface area contributed by atoms with E-state index < -0.39 is 41.7 Å². The smallest absolute Gasteiger partial charge is 0.411 e. The van der Waals surface area contributed by atoms with Gasteiger partial charge in [-0.25, -0.2) is 14.4 Å². The van der Waals surface area contributed by atoms with Gasteiger partial charge < -0.3 is 14.8 Å². The number of carbonyl (C=O) groups excluding carboxylic acids is 4. The number of hydrogen-bond donors (Lipinski definition) is 2. The summed E-state index contributed by atoms with van der Waals surface area (Å²) in [7, 11) is 0. The summed E-state index contributed by atoms with van der Waals surface area (Å²) < 4.78 is 10.9. The van der Waals surface area contributed by atoms with Crippen molar-refractivity contribution in [3.63, 3.8) is 0 Å². The van der Waals surface area contributed by atoms with E-state index in [0.717, 1.165) is 0 Å². The Balaban J connectivity index is 2.16. The SMILES string of the molecule is CCNC(=O)NC(=O)[C@H](OC(=O)[C@H]1CCCN1C(=O)OC(C)(C)C)c1ccccc1. The number of ether oxygens (including phenoxy) is 2. The van der Waals surface area contributed by atoms with E-state index in [-0.39, 0.29) is 0 Å². The van der Waals surface area contributed by atoms with Crippen LogP contribution in [-0.4, -0.2) is 53.6 Å². The van der Waals surface area contributed by atoms with E-state index in [2.05, 4.69) is 10.6 Å². The van der Waals surface area contributed by atoms with E-state index in [9.17, 15) is 19.2 Å². The largest absolute Gasteiger partial charge is 0.446 e. The van der Waals surface area contributed by atoms with Gasteiger partial charge in [-0.2, -0.15) is 0 Å². The molecule has 9 heteroatoms. The molecule has 0 unspecified atom stereocenters. The van der Waals surface area contributed by atoms with Crippen molar-refractivity contribution in [1.29, 1.82) is 0 Å². The van der Waals surface area contributed by atoms with Gasteiger partial charge in [0.25, 0.3) is 5.91 Å². The summed E-state index contributed by atoms with van der Waals surface area (Å²) in [4.78, 5) is 51.0. The number of imide groups is 1. The number of nitrogens with one attached hydrogen (secondary N) is 2. The fraction of sp³-hybridized carbons (Fsp3) is 0.524. The third-order valence-corrected chi connectivity index (χ3v) is 4.30. The fourth-order valence-electron chi connectivity index (χ4n) is 3.03. The molecular formula is C21H29N3O6. The third kappa shape index (κ3) is 6.47. The Morgan fingerprint density at radius 1 is 1.17 bits per heavy atom. The number of esters is 1. The topological polar surface area (TPSA) is 114 Å². The first kappa shape index (κ1) is 23.2. The normalized spacial score (nSPS) is 17.1. The monoisotopic (exact) mass is 419 g/mol. The highest BCUT2D eigenvalue weighted by Gasteiger charge is 2.39. The summed E-state index contributed by atoms with van der Waals surface area (Å²) in [5, 5.41) is 4.62. The molecule has 4 amide bonds. The number of nitrogens with zero attached hydrogens (tertiary/aromatic N) is 1. The first-order valence-corrected chi connectivity index (χ1v) is 9.96. The van der Waals surface area contributed by atoms with Crippen molar-refractivity contribution in [2.75, 3.05) is 13.1 Å². The lowest BCUT2D eigenvalue weighted by Gasteiger charge is -2.28. The molecule has 1 heterocycles. The Hall–Kier alpha value is -3.10. The molecule has 1 fully saturated rings. The van der Waals surface area contributed by atoms with E-state index in [4.69, 9.17) is 9.47 Å². The number of carbonyl (C=O) groups is 4. The number of rotatable bonds is 5. The molecule has 1 aromatic carbocycles. The Morgan fingerprint density at radius 2 is 1.83 bits per heavy atom. The summed E-state index contributed by atoms with van der Waals surface area (Å²) in [6, 6.07) is 6.84. The van der Waals surface area contributed by atoms with Crippen LogP contribution >= 0.6 is 0 Å². The fourth-order valence-corrected chi connectivity index (χ4v) is 3.03. The van der Waals surface area contributed by atoms with Crippen LogP contribution in [0, 0.1) is 0 Å². The molecule has 0 saturated carbocycles. The Bertz CT molecular complexity index is 775. The van der Waals surface area contributed by atoms with Crippen LogP contribution in [0.1, 0.15) is 52.2 Å². The van der Waals surface area contributed by atoms with Crippen LogP contribution in [0.3, 0.4) is 0 Å². The van der Waals surface area contributed by atoms with Crippen molar-refractivity contribution < 1.29 is 28.7 Å². The van der Waals surface area contributed by atoms with Crippen LogP contribution < -0.4 is 10.6 Å². The van der Waals surface area contributed by atoms with Crippen molar-refractivity contribution in [2.24, 2.45) is 0 Å². The molecule has 9 nitrogen and oxygen atoms in total. The molecule has 164 valence electrons. The number of hydrogen-bond acceptors (Lipinski definition) is 6. The van der Waals surface area contributed by atoms with Crippen molar-refractivity contribution in [3.05, 3.63) is 35.9 Å². The zero-order valence-electron chi connectivity index (χ0n) is 17.8. The van der Waals surface area contributed by atoms with Gasteiger partial charge >= 0.3 is 18.1 Å². The molecule has 0 bridgehead atoms. The maximum Gasteiger partial charge on any atom is 0.411 e. The molecule has 0 aliphatic carbocycles. The molecule has 1 aliphatic rings. The first-order chi connectivity index (χ1) is 14.1. The second kappa shape index (κ2) is 10.1. The van der Waals surface area contributed by atoms with Crippen LogP contribution in [0.5, 0.6) is 0 Å². The molecule has 2 atom stereocenters. The second-order valence-corrected chi connectivity index (χ2v) is 7.91. The summed E-state index contributed by atoms with van der Waals surface area (Å²) >= 11 is 0. The first-order valence-electron chi connectivity index (χ1n) is 9.96. The summed E-state index contributed by atoms with van der Waals surface area (Å²) in [6.07, 6.45) is -0.926. The van der Waals surface area contributed by atoms with Crippen molar-refractivity contribution >= 4 is 24.0 Å². The van der Waals surface area contributed by atoms with E-state index >= 15 is 0 Å². The van der Waals surface area contributed by atoms with Gasteiger partial charge in [0.2, 0.25) is 6.10 Å². The van der Waals surface area contributed by atoms with Gasteiger partial charge in [-0.05, 0) is 40.5 Å². The maximum absolute atomic E-state index is 12.9. The lowest BCUT2D eigenvalue weighted by Crippen LogP contribution is -2.46. The third-order valence-electron chi connectivity index (χ3n) is 4.30. The van der Waals surface area contributed by atoms with Crippen LogP contribution in [0.15, 0.2) is 30.3 Å². The van der Waals surface area contributed by atoms with Crippen molar-refractivity contribution in [2.45, 2.75) is 58.3 Å². The van der Waals surface area contributed by atoms with Crippen LogP contribution in [0.2, 0.25) is 0 Å². The second-order valence-electron chi connectivity index (χ2n) is 7.91. The van der Waals surface area contributed by atoms with Crippen molar-refractivity contribution in [1.82, 2.24) is 15.5 Å². The van der Waals surface area contributed by atoms with Crippen LogP contribution in [0.25, 0.3) is 0 Å². The van der Waals surface area contributed by atoms with E-state index in [1.54, 1.807) is 58.0 Å². The molecule has 1 aliphatic heterocycles. The van der Waals surface area contributed by atoms with Gasteiger partial charge in [0.15, 0.2) is 0 Å². The van der Waals surface area contributed by atoms with E-state index in [1.807, 2.05) is 0 Å². The van der Waals surface area contributed by atoms with Gasteiger partial charge in [-0.3, -0.25) is 15.0 Å². The number of amides is 4. The zero-order chi connectivity index (χ0) is 22.3. The molecular weight excluding hydrogens is 390 g/mol. The summed E-state index contributed by atoms with van der Waals surface area (Å²) in [6.45, 7) is 7.63.